The average Bonchev–Trinajstić information content (AvgIpc) is 3.83. The zero-order chi connectivity index (χ0) is 42.9. The first-order chi connectivity index (χ1) is 27.6. The van der Waals surface area contributed by atoms with E-state index in [0.717, 1.165) is 44.6 Å². The number of hydrogen-bond acceptors (Lipinski definition) is 12. The van der Waals surface area contributed by atoms with Gasteiger partial charge in [-0.3, -0.25) is 14.5 Å². The molecule has 0 unspecified atom stereocenters. The molecule has 2 aliphatic heterocycles. The number of pyridine rings is 1. The number of rotatable bonds is 12. The molecule has 2 aliphatic rings. The van der Waals surface area contributed by atoms with Crippen LogP contribution in [0.15, 0.2) is 45.9 Å². The molecule has 2 saturated heterocycles. The second-order valence-corrected chi connectivity index (χ2v) is 16.4. The van der Waals surface area contributed by atoms with Crippen LogP contribution < -0.4 is 15.6 Å². The summed E-state index contributed by atoms with van der Waals surface area (Å²) in [7, 11) is 0. The number of nitrogens with zero attached hydrogens (tertiary/aromatic N) is 3. The molecule has 3 aromatic heterocycles. The van der Waals surface area contributed by atoms with E-state index in [1.807, 2.05) is 25.3 Å². The Morgan fingerprint density at radius 1 is 0.983 bits per heavy atom. The lowest BCUT2D eigenvalue weighted by molar-refractivity contribution is -0.332. The summed E-state index contributed by atoms with van der Waals surface area (Å²) in [5, 5.41) is 6.99. The summed E-state index contributed by atoms with van der Waals surface area (Å²) < 4.78 is 123. The van der Waals surface area contributed by atoms with Gasteiger partial charge in [0, 0.05) is 59.4 Å². The van der Waals surface area contributed by atoms with E-state index in [0.29, 0.717) is 26.1 Å². The maximum Gasteiger partial charge on any atom is 0.491 e. The van der Waals surface area contributed by atoms with Crippen molar-refractivity contribution in [3.8, 4) is 5.75 Å². The monoisotopic (exact) mass is 879 g/mol. The van der Waals surface area contributed by atoms with E-state index in [9.17, 15) is 54.3 Å². The molecule has 1 amide bonds. The number of amides is 1. The highest BCUT2D eigenvalue weighted by Crippen LogP contribution is 2.40. The number of fused-ring (bicyclic) bond motifs is 1. The Hall–Kier alpha value is -4.51. The molecule has 6 rings (SSSR count). The standard InChI is InChI=1S/C37H37F8N5O7S2/c1-20(2)30-47-25(17-59-30)31(52)50-18-34(57-35(38,39)19-50)8-11-49(12-9-34)15-22-13-21(16-58-22)7-10-46-14-27(56-33(54)37(43,44)45)23-3-5-26(55-32(53)36(40,41)42)29-24(23)4-6-28(51)48-29/h3-6,13,16-17,20,27,46H,7-12,14-15,18-19H2,1-2H3,(H,48,51)/t27-/m0/s1. The van der Waals surface area contributed by atoms with Crippen molar-refractivity contribution < 1.29 is 63.7 Å². The number of esters is 2. The van der Waals surface area contributed by atoms with Gasteiger partial charge in [0.1, 0.15) is 18.3 Å². The number of piperidine rings is 1. The van der Waals surface area contributed by atoms with Crippen LogP contribution in [-0.4, -0.2) is 101 Å². The van der Waals surface area contributed by atoms with Crippen molar-refractivity contribution in [2.75, 3.05) is 39.3 Å². The summed E-state index contributed by atoms with van der Waals surface area (Å²) >= 11 is 2.76. The van der Waals surface area contributed by atoms with Gasteiger partial charge in [-0.25, -0.2) is 14.6 Å². The van der Waals surface area contributed by atoms with Crippen LogP contribution in [0.25, 0.3) is 10.9 Å². The Morgan fingerprint density at radius 3 is 2.36 bits per heavy atom. The number of likely N-dealkylation sites (tertiary alicyclic amines) is 1. The molecule has 2 N–H and O–H groups in total. The van der Waals surface area contributed by atoms with Crippen molar-refractivity contribution in [3.05, 3.63) is 78.2 Å². The van der Waals surface area contributed by atoms with Gasteiger partial charge in [-0.2, -0.15) is 35.1 Å². The van der Waals surface area contributed by atoms with Crippen molar-refractivity contribution in [2.45, 2.75) is 75.7 Å². The van der Waals surface area contributed by atoms with Gasteiger partial charge in [0.05, 0.1) is 22.7 Å². The van der Waals surface area contributed by atoms with Crippen LogP contribution in [0.2, 0.25) is 0 Å². The predicted molar refractivity (Wildman–Crippen MR) is 197 cm³/mol. The van der Waals surface area contributed by atoms with Crippen LogP contribution >= 0.6 is 22.7 Å². The molecule has 5 heterocycles. The number of carbonyl (C=O) groups is 3. The smallest absolute Gasteiger partial charge is 0.449 e. The highest BCUT2D eigenvalue weighted by atomic mass is 32.1. The fourth-order valence-corrected chi connectivity index (χ4v) is 8.63. The first kappa shape index (κ1) is 44.1. The zero-order valence-electron chi connectivity index (χ0n) is 31.3. The normalized spacial score (nSPS) is 17.7. The third-order valence-corrected chi connectivity index (χ3v) is 11.8. The third-order valence-electron chi connectivity index (χ3n) is 9.67. The zero-order valence-corrected chi connectivity index (χ0v) is 32.9. The first-order valence-corrected chi connectivity index (χ1v) is 19.9. The highest BCUT2D eigenvalue weighted by molar-refractivity contribution is 7.10. The molecule has 320 valence electrons. The second kappa shape index (κ2) is 17.2. The molecule has 1 aromatic carbocycles. The molecule has 0 aliphatic carbocycles. The van der Waals surface area contributed by atoms with Crippen LogP contribution in [0.1, 0.15) is 70.2 Å². The minimum Gasteiger partial charge on any atom is -0.449 e. The van der Waals surface area contributed by atoms with Crippen molar-refractivity contribution in [1.29, 1.82) is 0 Å². The Morgan fingerprint density at radius 2 is 1.69 bits per heavy atom. The van der Waals surface area contributed by atoms with Gasteiger partial charge >= 0.3 is 30.4 Å². The van der Waals surface area contributed by atoms with E-state index < -0.39 is 77.9 Å². The fourth-order valence-electron chi connectivity index (χ4n) is 6.85. The van der Waals surface area contributed by atoms with Gasteiger partial charge in [0.2, 0.25) is 5.56 Å². The number of thiophene rings is 1. The Bertz CT molecular complexity index is 2230. The Labute approximate surface area is 338 Å². The van der Waals surface area contributed by atoms with Gasteiger partial charge in [-0.05, 0) is 54.9 Å². The van der Waals surface area contributed by atoms with Crippen LogP contribution in [0, 0.1) is 0 Å². The van der Waals surface area contributed by atoms with Crippen LogP contribution in [0.4, 0.5) is 35.1 Å². The molecular formula is C37H37F8N5O7S2. The number of hydrogen-bond donors (Lipinski definition) is 2. The van der Waals surface area contributed by atoms with Gasteiger partial charge in [0.15, 0.2) is 5.75 Å². The van der Waals surface area contributed by atoms with Gasteiger partial charge in [-0.1, -0.05) is 19.9 Å². The number of halogens is 8. The minimum absolute atomic E-state index is 0.00858. The van der Waals surface area contributed by atoms with E-state index in [4.69, 9.17) is 9.47 Å². The predicted octanol–water partition coefficient (Wildman–Crippen LogP) is 6.72. The number of aromatic nitrogens is 2. The number of aromatic amines is 1. The molecule has 4 aromatic rings. The quantitative estimate of drug-likeness (QED) is 0.0682. The number of alkyl halides is 8. The summed E-state index contributed by atoms with van der Waals surface area (Å²) in [6.07, 6.45) is -15.1. The van der Waals surface area contributed by atoms with Gasteiger partial charge < -0.3 is 29.4 Å². The van der Waals surface area contributed by atoms with Gasteiger partial charge in [0.25, 0.3) is 5.91 Å². The Balaban J connectivity index is 1.05. The van der Waals surface area contributed by atoms with Crippen LogP contribution in [-0.2, 0) is 32.0 Å². The molecule has 2 fully saturated rings. The van der Waals surface area contributed by atoms with E-state index in [1.165, 1.54) is 22.7 Å². The molecule has 1 atom stereocenters. The Kier molecular flexibility index (Phi) is 12.9. The van der Waals surface area contributed by atoms with Crippen LogP contribution in [0.5, 0.6) is 5.75 Å². The molecule has 1 spiro atoms. The molecule has 22 heteroatoms. The number of morpholine rings is 1. The van der Waals surface area contributed by atoms with Crippen LogP contribution in [0.3, 0.4) is 0 Å². The summed E-state index contributed by atoms with van der Waals surface area (Å²) in [6.45, 7) is 4.14. The molecule has 12 nitrogen and oxygen atoms in total. The summed E-state index contributed by atoms with van der Waals surface area (Å²) in [4.78, 5) is 59.4. The fraction of sp³-hybridized carbons (Fsp3) is 0.486. The first-order valence-electron chi connectivity index (χ1n) is 18.2. The maximum absolute atomic E-state index is 14.9. The largest absolute Gasteiger partial charge is 0.491 e. The second-order valence-electron chi connectivity index (χ2n) is 14.5. The number of benzene rings is 1. The molecule has 0 radical (unpaired) electrons. The molecular weight excluding hydrogens is 843 g/mol. The van der Waals surface area contributed by atoms with Crippen molar-refractivity contribution >= 4 is 51.4 Å². The summed E-state index contributed by atoms with van der Waals surface area (Å²) in [5.74, 6) is -6.34. The average molecular weight is 880 g/mol. The number of carbonyl (C=O) groups excluding carboxylic acids is 3. The van der Waals surface area contributed by atoms with E-state index in [2.05, 4.69) is 24.9 Å². The number of thiazole rings is 1. The lowest BCUT2D eigenvalue weighted by Crippen LogP contribution is -2.62. The van der Waals surface area contributed by atoms with E-state index in [1.54, 1.807) is 5.38 Å². The summed E-state index contributed by atoms with van der Waals surface area (Å²) in [5.41, 5.74) is -1.62. The number of ether oxygens (including phenoxy) is 3. The summed E-state index contributed by atoms with van der Waals surface area (Å²) in [6, 6.07) is 5.80. The number of nitrogens with one attached hydrogen (secondary N) is 2. The maximum atomic E-state index is 14.9. The van der Waals surface area contributed by atoms with Crippen molar-refractivity contribution in [3.63, 3.8) is 0 Å². The highest BCUT2D eigenvalue weighted by Gasteiger charge is 2.52. The van der Waals surface area contributed by atoms with Crippen molar-refractivity contribution in [2.24, 2.45) is 0 Å². The lowest BCUT2D eigenvalue weighted by atomic mass is 9.89. The lowest BCUT2D eigenvalue weighted by Gasteiger charge is -2.49. The SMILES string of the molecule is CC(C)c1nc(C(=O)N2CC(F)(F)OC3(CCN(Cc4cc(CCNC[C@H](OC(=O)C(F)(F)F)c5ccc(OC(=O)C(F)(F)F)c6[nH]c(=O)ccc56)cs4)CC3)C2)cs1. The third kappa shape index (κ3) is 10.8. The molecule has 0 saturated carbocycles. The molecule has 0 bridgehead atoms. The van der Waals surface area contributed by atoms with Gasteiger partial charge in [-0.15, -0.1) is 22.7 Å². The molecule has 59 heavy (non-hydrogen) atoms. The van der Waals surface area contributed by atoms with E-state index in [-0.39, 0.29) is 48.5 Å². The number of H-pyrrole nitrogens is 1. The minimum atomic E-state index is -5.39. The van der Waals surface area contributed by atoms with E-state index >= 15 is 0 Å². The topological polar surface area (TPSA) is 143 Å². The van der Waals surface area contributed by atoms with Crippen molar-refractivity contribution in [1.82, 2.24) is 25.1 Å².